The maximum atomic E-state index is 11.8. The molecule has 0 aromatic rings. The minimum absolute atomic E-state index is 0.638. The van der Waals surface area contributed by atoms with Gasteiger partial charge in [-0.05, 0) is 24.7 Å². The van der Waals surface area contributed by atoms with Crippen molar-refractivity contribution in [3.63, 3.8) is 0 Å². The van der Waals surface area contributed by atoms with Crippen LogP contribution in [0.4, 0.5) is 0 Å². The SMILES string of the molecule is CCCCC(CC)CSSOP(=O)(O)OSSCC(CC)CCCC. The van der Waals surface area contributed by atoms with Gasteiger partial charge in [0.1, 0.15) is 0 Å². The van der Waals surface area contributed by atoms with Crippen molar-refractivity contribution in [1.82, 2.24) is 0 Å². The van der Waals surface area contributed by atoms with Crippen molar-refractivity contribution >= 4 is 51.6 Å². The van der Waals surface area contributed by atoms with Crippen LogP contribution < -0.4 is 0 Å². The molecule has 152 valence electrons. The summed E-state index contributed by atoms with van der Waals surface area (Å²) in [6, 6.07) is 0. The van der Waals surface area contributed by atoms with E-state index >= 15 is 0 Å². The van der Waals surface area contributed by atoms with Gasteiger partial charge >= 0.3 is 7.82 Å². The number of hydrogen-bond donors (Lipinski definition) is 1. The molecule has 0 aromatic carbocycles. The van der Waals surface area contributed by atoms with Crippen LogP contribution in [-0.2, 0) is 12.5 Å². The molecule has 0 bridgehead atoms. The van der Waals surface area contributed by atoms with E-state index in [9.17, 15) is 9.46 Å². The van der Waals surface area contributed by atoms with Crippen molar-refractivity contribution in [2.75, 3.05) is 11.5 Å². The maximum absolute atomic E-state index is 11.8. The van der Waals surface area contributed by atoms with E-state index in [1.54, 1.807) is 0 Å². The molecule has 0 saturated carbocycles. The van der Waals surface area contributed by atoms with Gasteiger partial charge in [0.05, 0.1) is 22.1 Å². The van der Waals surface area contributed by atoms with Crippen molar-refractivity contribution in [2.45, 2.75) is 79.1 Å². The summed E-state index contributed by atoms with van der Waals surface area (Å²) in [6.07, 6.45) is 9.55. The van der Waals surface area contributed by atoms with E-state index in [4.69, 9.17) is 7.94 Å². The third-order valence-electron chi connectivity index (χ3n) is 4.04. The fourth-order valence-corrected chi connectivity index (χ4v) is 8.41. The Bertz CT molecular complexity index is 322. The molecule has 9 heteroatoms. The summed E-state index contributed by atoms with van der Waals surface area (Å²) >= 11 is 1.95. The van der Waals surface area contributed by atoms with Crippen LogP contribution in [0.3, 0.4) is 0 Å². The predicted octanol–water partition coefficient (Wildman–Crippen LogP) is 8.15. The van der Waals surface area contributed by atoms with Gasteiger partial charge in [0.15, 0.2) is 0 Å². The van der Waals surface area contributed by atoms with Crippen LogP contribution in [0.15, 0.2) is 0 Å². The molecule has 0 fully saturated rings. The van der Waals surface area contributed by atoms with Crippen LogP contribution in [0.5, 0.6) is 0 Å². The molecule has 0 aliphatic heterocycles. The van der Waals surface area contributed by atoms with Gasteiger partial charge in [-0.3, -0.25) is 0 Å². The average Bonchev–Trinajstić information content (AvgIpc) is 2.60. The van der Waals surface area contributed by atoms with Crippen LogP contribution >= 0.6 is 51.6 Å². The molecular weight excluding hydrogens is 415 g/mol. The largest absolute Gasteiger partial charge is 0.496 e. The van der Waals surface area contributed by atoms with Gasteiger partial charge in [-0.25, -0.2) is 12.5 Å². The predicted molar refractivity (Wildman–Crippen MR) is 119 cm³/mol. The first-order valence-electron chi connectivity index (χ1n) is 9.27. The maximum Gasteiger partial charge on any atom is 0.496 e. The van der Waals surface area contributed by atoms with Crippen LogP contribution in [0, 0.1) is 11.8 Å². The zero-order valence-corrected chi connectivity index (χ0v) is 20.1. The second-order valence-electron chi connectivity index (χ2n) is 6.16. The molecule has 0 spiro atoms. The first-order valence-corrected chi connectivity index (χ1v) is 15.3. The zero-order chi connectivity index (χ0) is 19.0. The van der Waals surface area contributed by atoms with E-state index in [-0.39, 0.29) is 0 Å². The summed E-state index contributed by atoms with van der Waals surface area (Å²) in [5.74, 6) is 3.13. The Labute approximate surface area is 170 Å². The quantitative estimate of drug-likeness (QED) is 0.0971. The van der Waals surface area contributed by atoms with E-state index in [1.807, 2.05) is 0 Å². The van der Waals surface area contributed by atoms with E-state index in [1.165, 1.54) is 60.1 Å². The Kier molecular flexibility index (Phi) is 18.7. The minimum Gasteiger partial charge on any atom is -0.301 e. The second kappa shape index (κ2) is 17.6. The molecule has 0 amide bonds. The molecule has 4 nitrogen and oxygen atoms in total. The minimum atomic E-state index is -3.99. The Balaban J connectivity index is 3.81. The molecular formula is C16H35O4PS4. The van der Waals surface area contributed by atoms with Crippen molar-refractivity contribution < 1.29 is 17.4 Å². The first-order chi connectivity index (χ1) is 12.0. The molecule has 0 aliphatic rings. The van der Waals surface area contributed by atoms with Gasteiger partial charge in [-0.2, -0.15) is 0 Å². The smallest absolute Gasteiger partial charge is 0.301 e. The van der Waals surface area contributed by atoms with E-state index in [0.29, 0.717) is 11.8 Å². The number of hydrogen-bond acceptors (Lipinski definition) is 7. The number of rotatable bonds is 18. The highest BCUT2D eigenvalue weighted by Gasteiger charge is 2.24. The Morgan fingerprint density at radius 2 is 1.24 bits per heavy atom. The highest BCUT2D eigenvalue weighted by atomic mass is 33.1. The lowest BCUT2D eigenvalue weighted by Gasteiger charge is -2.14. The van der Waals surface area contributed by atoms with Gasteiger partial charge in [-0.15, -0.1) is 0 Å². The van der Waals surface area contributed by atoms with Crippen molar-refractivity contribution in [3.8, 4) is 0 Å². The Morgan fingerprint density at radius 3 is 1.56 bits per heavy atom. The second-order valence-corrected chi connectivity index (χ2v) is 11.9. The molecule has 0 saturated heterocycles. The molecule has 25 heavy (non-hydrogen) atoms. The highest BCUT2D eigenvalue weighted by Crippen LogP contribution is 2.55. The number of unbranched alkanes of at least 4 members (excludes halogenated alkanes) is 2. The summed E-state index contributed by atoms with van der Waals surface area (Å²) in [5, 5.41) is 0. The first kappa shape index (κ1) is 26.5. The zero-order valence-electron chi connectivity index (χ0n) is 16.0. The molecule has 0 radical (unpaired) electrons. The fraction of sp³-hybridized carbons (Fsp3) is 1.00. The molecule has 0 aromatic heterocycles. The monoisotopic (exact) mass is 450 g/mol. The fourth-order valence-electron chi connectivity index (χ4n) is 2.18. The summed E-state index contributed by atoms with van der Waals surface area (Å²) < 4.78 is 21.8. The van der Waals surface area contributed by atoms with Crippen molar-refractivity contribution in [2.24, 2.45) is 11.8 Å². The summed E-state index contributed by atoms with van der Waals surface area (Å²) in [6.45, 7) is 8.76. The molecule has 0 rings (SSSR count). The van der Waals surface area contributed by atoms with Crippen LogP contribution in [0.1, 0.15) is 79.1 Å². The van der Waals surface area contributed by atoms with Crippen molar-refractivity contribution in [1.29, 1.82) is 0 Å². The Hall–Kier alpha value is 1.51. The lowest BCUT2D eigenvalue weighted by atomic mass is 10.0. The van der Waals surface area contributed by atoms with Gasteiger partial charge < -0.3 is 4.89 Å². The standard InChI is InChI=1S/C16H35O4PS4/c1-5-9-11-15(7-3)13-22-24-19-21(17,18)20-25-23-14-16(8-4)12-10-6-2/h15-16H,5-14H2,1-4H3,(H,17,18). The van der Waals surface area contributed by atoms with Gasteiger partial charge in [0.25, 0.3) is 0 Å². The van der Waals surface area contributed by atoms with Crippen molar-refractivity contribution in [3.05, 3.63) is 0 Å². The van der Waals surface area contributed by atoms with E-state index in [0.717, 1.165) is 46.5 Å². The van der Waals surface area contributed by atoms with Gasteiger partial charge in [0.2, 0.25) is 0 Å². The average molecular weight is 451 g/mol. The van der Waals surface area contributed by atoms with Crippen LogP contribution in [0.25, 0.3) is 0 Å². The van der Waals surface area contributed by atoms with Gasteiger partial charge in [0, 0.05) is 11.5 Å². The lowest BCUT2D eigenvalue weighted by molar-refractivity contribution is 0.326. The van der Waals surface area contributed by atoms with E-state index in [2.05, 4.69) is 27.7 Å². The lowest BCUT2D eigenvalue weighted by Crippen LogP contribution is -2.01. The summed E-state index contributed by atoms with van der Waals surface area (Å²) in [4.78, 5) is 9.68. The van der Waals surface area contributed by atoms with Crippen LogP contribution in [-0.4, -0.2) is 16.4 Å². The topological polar surface area (TPSA) is 55.8 Å². The third-order valence-corrected chi connectivity index (χ3v) is 9.93. The van der Waals surface area contributed by atoms with Crippen LogP contribution in [0.2, 0.25) is 0 Å². The normalized spacial score (nSPS) is 16.5. The molecule has 1 N–H and O–H groups in total. The van der Waals surface area contributed by atoms with Gasteiger partial charge in [-0.1, -0.05) is 87.8 Å². The molecule has 0 heterocycles. The molecule has 2 atom stereocenters. The van der Waals surface area contributed by atoms with E-state index < -0.39 is 7.82 Å². The molecule has 2 unspecified atom stereocenters. The highest BCUT2D eigenvalue weighted by molar-refractivity contribution is 8.76. The summed E-state index contributed by atoms with van der Waals surface area (Å²) in [5.41, 5.74) is 0. The third kappa shape index (κ3) is 16.2. The number of phosphoric acid groups is 1. The summed E-state index contributed by atoms with van der Waals surface area (Å²) in [7, 11) is -1.01. The molecule has 0 aliphatic carbocycles. The Morgan fingerprint density at radius 1 is 0.840 bits per heavy atom.